The lowest BCUT2D eigenvalue weighted by Crippen LogP contribution is -2.27. The first-order valence-corrected chi connectivity index (χ1v) is 7.54. The van der Waals surface area contributed by atoms with Gasteiger partial charge >= 0.3 is 0 Å². The summed E-state index contributed by atoms with van der Waals surface area (Å²) in [6.45, 7) is 0.160. The van der Waals surface area contributed by atoms with Crippen molar-refractivity contribution < 1.29 is 17.6 Å². The van der Waals surface area contributed by atoms with Crippen LogP contribution in [0.5, 0.6) is 0 Å². The summed E-state index contributed by atoms with van der Waals surface area (Å²) in [6.07, 6.45) is 0.212. The summed E-state index contributed by atoms with van der Waals surface area (Å²) in [6, 6.07) is 3.98. The summed E-state index contributed by atoms with van der Waals surface area (Å²) >= 11 is 2.98. The van der Waals surface area contributed by atoms with Crippen molar-refractivity contribution in [1.82, 2.24) is 5.32 Å². The molecular formula is C10H12BrFN2O3S. The molecule has 18 heavy (non-hydrogen) atoms. The Morgan fingerprint density at radius 1 is 1.44 bits per heavy atom. The lowest BCUT2D eigenvalue weighted by molar-refractivity contribution is 0.0953. The molecule has 1 rings (SSSR count). The van der Waals surface area contributed by atoms with Gasteiger partial charge in [0.05, 0.1) is 10.2 Å². The summed E-state index contributed by atoms with van der Waals surface area (Å²) < 4.78 is 34.7. The second-order valence-electron chi connectivity index (χ2n) is 3.61. The van der Waals surface area contributed by atoms with Gasteiger partial charge < -0.3 is 5.32 Å². The number of halogens is 2. The van der Waals surface area contributed by atoms with E-state index in [1.807, 2.05) is 0 Å². The molecule has 0 bridgehead atoms. The Bertz CT molecular complexity index is 548. The Balaban J connectivity index is 2.48. The van der Waals surface area contributed by atoms with Crippen LogP contribution in [0.1, 0.15) is 16.8 Å². The molecule has 1 aromatic rings. The van der Waals surface area contributed by atoms with Gasteiger partial charge in [0, 0.05) is 12.1 Å². The highest BCUT2D eigenvalue weighted by Gasteiger charge is 2.08. The predicted octanol–water partition coefficient (Wildman–Crippen LogP) is 0.997. The average molecular weight is 339 g/mol. The third kappa shape index (κ3) is 5.11. The summed E-state index contributed by atoms with van der Waals surface area (Å²) in [4.78, 5) is 11.6. The molecule has 0 aliphatic heterocycles. The van der Waals surface area contributed by atoms with E-state index in [2.05, 4.69) is 21.2 Å². The third-order valence-corrected chi connectivity index (χ3v) is 3.57. The van der Waals surface area contributed by atoms with Crippen molar-refractivity contribution in [3.05, 3.63) is 34.1 Å². The van der Waals surface area contributed by atoms with Crippen LogP contribution in [0.25, 0.3) is 0 Å². The summed E-state index contributed by atoms with van der Waals surface area (Å²) in [7, 11) is -3.52. The number of hydrogen-bond acceptors (Lipinski definition) is 3. The molecule has 0 atom stereocenters. The SMILES string of the molecule is NS(=O)(=O)CCCNC(=O)c1ccc(Br)c(F)c1. The molecule has 8 heteroatoms. The van der Waals surface area contributed by atoms with Gasteiger partial charge in [-0.25, -0.2) is 17.9 Å². The van der Waals surface area contributed by atoms with Crippen molar-refractivity contribution in [2.75, 3.05) is 12.3 Å². The van der Waals surface area contributed by atoms with E-state index in [-0.39, 0.29) is 28.8 Å². The summed E-state index contributed by atoms with van der Waals surface area (Å²) in [5.41, 5.74) is 0.173. The normalized spacial score (nSPS) is 11.3. The van der Waals surface area contributed by atoms with Gasteiger partial charge in [0.1, 0.15) is 5.82 Å². The van der Waals surface area contributed by atoms with Gasteiger partial charge in [-0.15, -0.1) is 0 Å². The quantitative estimate of drug-likeness (QED) is 0.784. The molecular weight excluding hydrogens is 327 g/mol. The first kappa shape index (κ1) is 15.1. The van der Waals surface area contributed by atoms with Crippen LogP contribution in [-0.2, 0) is 10.0 Å². The molecule has 0 aliphatic rings. The molecule has 5 nitrogen and oxygen atoms in total. The number of nitrogens with two attached hydrogens (primary N) is 1. The lowest BCUT2D eigenvalue weighted by Gasteiger charge is -2.05. The van der Waals surface area contributed by atoms with Crippen LogP contribution >= 0.6 is 15.9 Å². The maximum atomic E-state index is 13.2. The van der Waals surface area contributed by atoms with E-state index in [9.17, 15) is 17.6 Å². The van der Waals surface area contributed by atoms with Crippen LogP contribution in [0.3, 0.4) is 0 Å². The molecule has 1 amide bonds. The Kier molecular flexibility index (Phi) is 5.24. The Morgan fingerprint density at radius 2 is 2.11 bits per heavy atom. The smallest absolute Gasteiger partial charge is 0.251 e. The topological polar surface area (TPSA) is 89.3 Å². The monoisotopic (exact) mass is 338 g/mol. The van der Waals surface area contributed by atoms with Crippen LogP contribution in [0.2, 0.25) is 0 Å². The van der Waals surface area contributed by atoms with Crippen molar-refractivity contribution in [1.29, 1.82) is 0 Å². The number of hydrogen-bond donors (Lipinski definition) is 2. The van der Waals surface area contributed by atoms with Gasteiger partial charge in [0.2, 0.25) is 10.0 Å². The molecule has 3 N–H and O–H groups in total. The Hall–Kier alpha value is -0.990. The maximum Gasteiger partial charge on any atom is 0.251 e. The molecule has 0 radical (unpaired) electrons. The molecule has 0 fully saturated rings. The van der Waals surface area contributed by atoms with Crippen LogP contribution in [-0.4, -0.2) is 26.6 Å². The maximum absolute atomic E-state index is 13.2. The zero-order valence-electron chi connectivity index (χ0n) is 9.32. The first-order valence-electron chi connectivity index (χ1n) is 5.03. The highest BCUT2D eigenvalue weighted by atomic mass is 79.9. The van der Waals surface area contributed by atoms with Gasteiger partial charge in [0.15, 0.2) is 0 Å². The zero-order valence-corrected chi connectivity index (χ0v) is 11.7. The Labute approximate surface area is 113 Å². The minimum atomic E-state index is -3.52. The molecule has 1 aromatic carbocycles. The van der Waals surface area contributed by atoms with Gasteiger partial charge in [-0.1, -0.05) is 0 Å². The van der Waals surface area contributed by atoms with Crippen molar-refractivity contribution in [3.8, 4) is 0 Å². The molecule has 100 valence electrons. The van der Waals surface area contributed by atoms with Crippen LogP contribution in [0.4, 0.5) is 4.39 Å². The highest BCUT2D eigenvalue weighted by molar-refractivity contribution is 9.10. The molecule has 0 saturated carbocycles. The fourth-order valence-corrected chi connectivity index (χ4v) is 2.01. The number of amides is 1. The molecule has 0 heterocycles. The van der Waals surface area contributed by atoms with Crippen molar-refractivity contribution in [2.24, 2.45) is 5.14 Å². The number of carbonyl (C=O) groups is 1. The number of primary sulfonamides is 1. The number of carbonyl (C=O) groups excluding carboxylic acids is 1. The third-order valence-electron chi connectivity index (χ3n) is 2.07. The Morgan fingerprint density at radius 3 is 2.67 bits per heavy atom. The van der Waals surface area contributed by atoms with E-state index < -0.39 is 21.7 Å². The minimum Gasteiger partial charge on any atom is -0.352 e. The van der Waals surface area contributed by atoms with Gasteiger partial charge in [0.25, 0.3) is 5.91 Å². The zero-order chi connectivity index (χ0) is 13.8. The van der Waals surface area contributed by atoms with Crippen molar-refractivity contribution >= 4 is 31.9 Å². The summed E-state index contributed by atoms with van der Waals surface area (Å²) in [5.74, 6) is -1.20. The number of benzene rings is 1. The number of rotatable bonds is 5. The van der Waals surface area contributed by atoms with Gasteiger partial charge in [-0.2, -0.15) is 0 Å². The van der Waals surface area contributed by atoms with Crippen LogP contribution in [0, 0.1) is 5.82 Å². The fourth-order valence-electron chi connectivity index (χ4n) is 1.21. The molecule has 0 saturated heterocycles. The number of nitrogens with one attached hydrogen (secondary N) is 1. The fraction of sp³-hybridized carbons (Fsp3) is 0.300. The van der Waals surface area contributed by atoms with E-state index in [4.69, 9.17) is 5.14 Å². The molecule has 0 aliphatic carbocycles. The number of sulfonamides is 1. The largest absolute Gasteiger partial charge is 0.352 e. The van der Waals surface area contributed by atoms with E-state index in [0.29, 0.717) is 0 Å². The van der Waals surface area contributed by atoms with E-state index in [0.717, 1.165) is 6.07 Å². The minimum absolute atomic E-state index is 0.160. The van der Waals surface area contributed by atoms with E-state index in [1.54, 1.807) is 0 Å². The standard InChI is InChI=1S/C10H12BrFN2O3S/c11-8-3-2-7(6-9(8)12)10(15)14-4-1-5-18(13,16)17/h2-3,6H,1,4-5H2,(H,14,15)(H2,13,16,17). The molecule has 0 spiro atoms. The molecule has 0 unspecified atom stereocenters. The average Bonchev–Trinajstić information content (AvgIpc) is 2.26. The molecule has 0 aromatic heterocycles. The van der Waals surface area contributed by atoms with Gasteiger partial charge in [-0.3, -0.25) is 4.79 Å². The second-order valence-corrected chi connectivity index (χ2v) is 6.19. The summed E-state index contributed by atoms with van der Waals surface area (Å²) in [5, 5.41) is 7.28. The van der Waals surface area contributed by atoms with Crippen LogP contribution < -0.4 is 10.5 Å². The van der Waals surface area contributed by atoms with E-state index in [1.165, 1.54) is 12.1 Å². The highest BCUT2D eigenvalue weighted by Crippen LogP contribution is 2.16. The van der Waals surface area contributed by atoms with E-state index >= 15 is 0 Å². The predicted molar refractivity (Wildman–Crippen MR) is 69.0 cm³/mol. The first-order chi connectivity index (χ1) is 8.29. The second kappa shape index (κ2) is 6.26. The lowest BCUT2D eigenvalue weighted by atomic mass is 10.2. The van der Waals surface area contributed by atoms with Crippen molar-refractivity contribution in [3.63, 3.8) is 0 Å². The van der Waals surface area contributed by atoms with Gasteiger partial charge in [-0.05, 0) is 40.5 Å². The van der Waals surface area contributed by atoms with Crippen molar-refractivity contribution in [2.45, 2.75) is 6.42 Å². The van der Waals surface area contributed by atoms with Crippen LogP contribution in [0.15, 0.2) is 22.7 Å².